The van der Waals surface area contributed by atoms with Crippen LogP contribution in [0.4, 0.5) is 0 Å². The van der Waals surface area contributed by atoms with Crippen molar-refractivity contribution in [3.05, 3.63) is 24.0 Å². The first-order chi connectivity index (χ1) is 8.95. The molecule has 0 aliphatic heterocycles. The van der Waals surface area contributed by atoms with Crippen LogP contribution in [0.5, 0.6) is 0 Å². The number of hydrogen-bond donors (Lipinski definition) is 3. The Bertz CT molecular complexity index is 481. The van der Waals surface area contributed by atoms with Crippen molar-refractivity contribution >= 4 is 17.8 Å². The molecule has 0 fully saturated rings. The maximum Gasteiger partial charge on any atom is 0.326 e. The summed E-state index contributed by atoms with van der Waals surface area (Å²) >= 11 is 0. The number of nitrogens with one attached hydrogen (secondary N) is 1. The molecule has 0 aliphatic carbocycles. The van der Waals surface area contributed by atoms with Crippen LogP contribution in [0, 0.1) is 0 Å². The molecule has 1 rings (SSSR count). The van der Waals surface area contributed by atoms with E-state index in [0.29, 0.717) is 12.2 Å². The van der Waals surface area contributed by atoms with Gasteiger partial charge in [0.05, 0.1) is 0 Å². The number of amides is 2. The summed E-state index contributed by atoms with van der Waals surface area (Å²) in [6, 6.07) is 2.18. The Morgan fingerprint density at radius 2 is 2.16 bits per heavy atom. The van der Waals surface area contributed by atoms with E-state index in [1.807, 2.05) is 6.92 Å². The molecule has 1 atom stereocenters. The number of hydrogen-bond acceptors (Lipinski definition) is 3. The van der Waals surface area contributed by atoms with E-state index < -0.39 is 23.8 Å². The molecule has 0 aliphatic rings. The zero-order valence-electron chi connectivity index (χ0n) is 10.6. The molecule has 0 saturated carbocycles. The lowest BCUT2D eigenvalue weighted by molar-refractivity contribution is -0.139. The molecule has 0 bridgehead atoms. The number of carboxylic acids is 1. The second kappa shape index (κ2) is 6.58. The van der Waals surface area contributed by atoms with E-state index in [4.69, 9.17) is 10.8 Å². The van der Waals surface area contributed by atoms with E-state index in [0.717, 1.165) is 0 Å². The largest absolute Gasteiger partial charge is 0.480 e. The average Bonchev–Trinajstić information content (AvgIpc) is 2.81. The number of aryl methyl sites for hydroxylation is 1. The number of carbonyl (C=O) groups is 3. The van der Waals surface area contributed by atoms with Gasteiger partial charge in [0.25, 0.3) is 5.91 Å². The number of primary amides is 1. The predicted octanol–water partition coefficient (Wildman–Crippen LogP) is -0.0435. The SMILES string of the molecule is CCn1cccc1C(=O)N[C@@H](CCC(N)=O)C(=O)O. The average molecular weight is 267 g/mol. The molecule has 0 spiro atoms. The van der Waals surface area contributed by atoms with E-state index in [1.54, 1.807) is 22.9 Å². The summed E-state index contributed by atoms with van der Waals surface area (Å²) in [5, 5.41) is 11.4. The van der Waals surface area contributed by atoms with Gasteiger partial charge >= 0.3 is 5.97 Å². The van der Waals surface area contributed by atoms with Crippen molar-refractivity contribution in [1.82, 2.24) is 9.88 Å². The lowest BCUT2D eigenvalue weighted by atomic mass is 10.1. The molecule has 0 radical (unpaired) electrons. The van der Waals surface area contributed by atoms with E-state index in [-0.39, 0.29) is 12.8 Å². The molecule has 1 aromatic heterocycles. The van der Waals surface area contributed by atoms with Crippen molar-refractivity contribution < 1.29 is 19.5 Å². The minimum atomic E-state index is -1.19. The Balaban J connectivity index is 2.71. The standard InChI is InChI=1S/C12H17N3O4/c1-2-15-7-3-4-9(15)11(17)14-8(12(18)19)5-6-10(13)16/h3-4,7-8H,2,5-6H2,1H3,(H2,13,16)(H,14,17)(H,18,19)/t8-/m0/s1. The third-order valence-corrected chi connectivity index (χ3v) is 2.69. The fourth-order valence-electron chi connectivity index (χ4n) is 1.67. The molecular weight excluding hydrogens is 250 g/mol. The Labute approximate surface area is 110 Å². The van der Waals surface area contributed by atoms with Gasteiger partial charge in [-0.2, -0.15) is 0 Å². The summed E-state index contributed by atoms with van der Waals surface area (Å²) in [4.78, 5) is 33.6. The fraction of sp³-hybridized carbons (Fsp3) is 0.417. The van der Waals surface area contributed by atoms with Gasteiger partial charge in [-0.15, -0.1) is 0 Å². The number of carbonyl (C=O) groups excluding carboxylic acids is 2. The first-order valence-corrected chi connectivity index (χ1v) is 5.92. The molecule has 1 heterocycles. The van der Waals surface area contributed by atoms with Crippen LogP contribution in [0.25, 0.3) is 0 Å². The number of nitrogens with zero attached hydrogens (tertiary/aromatic N) is 1. The topological polar surface area (TPSA) is 114 Å². The first-order valence-electron chi connectivity index (χ1n) is 5.92. The molecule has 0 saturated heterocycles. The second-order valence-electron chi connectivity index (χ2n) is 4.05. The van der Waals surface area contributed by atoms with Gasteiger partial charge in [-0.05, 0) is 25.5 Å². The summed E-state index contributed by atoms with van der Waals surface area (Å²) in [5.74, 6) is -2.27. The highest BCUT2D eigenvalue weighted by molar-refractivity contribution is 5.95. The van der Waals surface area contributed by atoms with Gasteiger partial charge in [0.15, 0.2) is 0 Å². The predicted molar refractivity (Wildman–Crippen MR) is 67.4 cm³/mol. The van der Waals surface area contributed by atoms with Gasteiger partial charge in [-0.1, -0.05) is 0 Å². The summed E-state index contributed by atoms with van der Waals surface area (Å²) in [6.07, 6.45) is 1.61. The van der Waals surface area contributed by atoms with Crippen molar-refractivity contribution in [3.8, 4) is 0 Å². The van der Waals surface area contributed by atoms with Crippen LogP contribution in [0.3, 0.4) is 0 Å². The maximum atomic E-state index is 11.9. The second-order valence-corrected chi connectivity index (χ2v) is 4.05. The van der Waals surface area contributed by atoms with Gasteiger partial charge in [0.2, 0.25) is 5.91 Å². The Hall–Kier alpha value is -2.31. The van der Waals surface area contributed by atoms with E-state index >= 15 is 0 Å². The number of rotatable bonds is 7. The summed E-state index contributed by atoms with van der Waals surface area (Å²) < 4.78 is 1.70. The lowest BCUT2D eigenvalue weighted by Gasteiger charge is -2.14. The maximum absolute atomic E-state index is 11.9. The number of aliphatic carboxylic acids is 1. The van der Waals surface area contributed by atoms with Gasteiger partial charge < -0.3 is 20.7 Å². The van der Waals surface area contributed by atoms with Crippen molar-refractivity contribution in [2.45, 2.75) is 32.4 Å². The molecule has 0 aromatic carbocycles. The highest BCUT2D eigenvalue weighted by Gasteiger charge is 2.22. The minimum absolute atomic E-state index is 0.0246. The minimum Gasteiger partial charge on any atom is -0.480 e. The Morgan fingerprint density at radius 1 is 1.47 bits per heavy atom. The smallest absolute Gasteiger partial charge is 0.326 e. The summed E-state index contributed by atoms with van der Waals surface area (Å²) in [5.41, 5.74) is 5.35. The molecule has 4 N–H and O–H groups in total. The molecule has 7 nitrogen and oxygen atoms in total. The van der Waals surface area contributed by atoms with E-state index in [2.05, 4.69) is 5.32 Å². The van der Waals surface area contributed by atoms with Gasteiger partial charge in [-0.25, -0.2) is 4.79 Å². The number of nitrogens with two attached hydrogens (primary N) is 1. The van der Waals surface area contributed by atoms with Crippen LogP contribution in [0.2, 0.25) is 0 Å². The van der Waals surface area contributed by atoms with Gasteiger partial charge in [-0.3, -0.25) is 9.59 Å². The van der Waals surface area contributed by atoms with Crippen LogP contribution >= 0.6 is 0 Å². The third-order valence-electron chi connectivity index (χ3n) is 2.69. The van der Waals surface area contributed by atoms with Crippen LogP contribution in [0.1, 0.15) is 30.3 Å². The van der Waals surface area contributed by atoms with Crippen LogP contribution in [-0.2, 0) is 16.1 Å². The van der Waals surface area contributed by atoms with Crippen molar-refractivity contribution in [1.29, 1.82) is 0 Å². The Kier molecular flexibility index (Phi) is 5.11. The molecule has 1 aromatic rings. The molecule has 7 heteroatoms. The monoisotopic (exact) mass is 267 g/mol. The zero-order valence-corrected chi connectivity index (χ0v) is 10.6. The highest BCUT2D eigenvalue weighted by atomic mass is 16.4. The van der Waals surface area contributed by atoms with Crippen LogP contribution in [-0.4, -0.2) is 33.5 Å². The molecule has 2 amide bonds. The number of aromatic nitrogens is 1. The fourth-order valence-corrected chi connectivity index (χ4v) is 1.67. The Morgan fingerprint density at radius 3 is 2.68 bits per heavy atom. The van der Waals surface area contributed by atoms with Crippen molar-refractivity contribution in [2.24, 2.45) is 5.73 Å². The zero-order chi connectivity index (χ0) is 14.4. The summed E-state index contributed by atoms with van der Waals surface area (Å²) in [7, 11) is 0. The highest BCUT2D eigenvalue weighted by Crippen LogP contribution is 2.04. The quantitative estimate of drug-likeness (QED) is 0.642. The van der Waals surface area contributed by atoms with Crippen molar-refractivity contribution in [2.75, 3.05) is 0 Å². The van der Waals surface area contributed by atoms with Gasteiger partial charge in [0, 0.05) is 19.2 Å². The van der Waals surface area contributed by atoms with Gasteiger partial charge in [0.1, 0.15) is 11.7 Å². The summed E-state index contributed by atoms with van der Waals surface area (Å²) in [6.45, 7) is 2.48. The molecule has 104 valence electrons. The van der Waals surface area contributed by atoms with Crippen molar-refractivity contribution in [3.63, 3.8) is 0 Å². The van der Waals surface area contributed by atoms with Crippen LogP contribution < -0.4 is 11.1 Å². The first kappa shape index (κ1) is 14.7. The number of carboxylic acid groups (broad SMARTS) is 1. The molecule has 0 unspecified atom stereocenters. The van der Waals surface area contributed by atoms with E-state index in [9.17, 15) is 14.4 Å². The van der Waals surface area contributed by atoms with Crippen LogP contribution in [0.15, 0.2) is 18.3 Å². The van der Waals surface area contributed by atoms with E-state index in [1.165, 1.54) is 0 Å². The molecule has 19 heavy (non-hydrogen) atoms. The normalized spacial score (nSPS) is 11.8. The third kappa shape index (κ3) is 4.13. The lowest BCUT2D eigenvalue weighted by Crippen LogP contribution is -2.42. The molecular formula is C12H17N3O4.